The highest BCUT2D eigenvalue weighted by molar-refractivity contribution is 6.35. The van der Waals surface area contributed by atoms with Gasteiger partial charge in [0.25, 0.3) is 0 Å². The molecule has 0 spiro atoms. The molecule has 6 nitrogen and oxygen atoms in total. The zero-order valence-electron chi connectivity index (χ0n) is 25.8. The number of carbonyl (C=O) groups excluding carboxylic acids is 1. The van der Waals surface area contributed by atoms with E-state index in [2.05, 4.69) is 47.2 Å². The maximum absolute atomic E-state index is 13.7. The molecule has 1 saturated heterocycles. The van der Waals surface area contributed by atoms with E-state index in [4.69, 9.17) is 34.7 Å². The summed E-state index contributed by atoms with van der Waals surface area (Å²) in [4.78, 5) is 18.7. The first-order chi connectivity index (χ1) is 20.7. The standard InChI is InChI=1S/C35H49Cl2N5O/c1-25(2)17-33-23-41(21-31(39)19-28-12-13-30(36)20-34(28)37)32(9-5-15-40-16-6-14-38)22-42(33)24-35(43)29-11-10-26-7-3-4-8-27(26)18-29/h3-4,7-8,10-13,18,20,25,31-33,40H,5-6,9,14-17,19,21-24,38-39H2,1-2H3/t31-,32+,33-/m1/s1. The second-order valence-corrected chi connectivity index (χ2v) is 13.4. The van der Waals surface area contributed by atoms with Crippen LogP contribution in [0.5, 0.6) is 0 Å². The second kappa shape index (κ2) is 16.9. The van der Waals surface area contributed by atoms with Gasteiger partial charge >= 0.3 is 0 Å². The molecule has 0 aliphatic carbocycles. The third-order valence-electron chi connectivity index (χ3n) is 8.50. The van der Waals surface area contributed by atoms with Crippen LogP contribution >= 0.6 is 23.2 Å². The number of benzene rings is 3. The molecule has 1 heterocycles. The summed E-state index contributed by atoms with van der Waals surface area (Å²) >= 11 is 12.6. The zero-order valence-corrected chi connectivity index (χ0v) is 27.3. The Kier molecular flexibility index (Phi) is 13.3. The van der Waals surface area contributed by atoms with Crippen LogP contribution in [0.4, 0.5) is 0 Å². The largest absolute Gasteiger partial charge is 0.330 e. The predicted octanol–water partition coefficient (Wildman–Crippen LogP) is 6.02. The Bertz CT molecular complexity index is 1320. The molecule has 3 aromatic rings. The highest BCUT2D eigenvalue weighted by Crippen LogP contribution is 2.26. The van der Waals surface area contributed by atoms with Crippen LogP contribution in [0.1, 0.15) is 55.5 Å². The molecule has 0 unspecified atom stereocenters. The maximum Gasteiger partial charge on any atom is 0.176 e. The molecule has 3 atom stereocenters. The third-order valence-corrected chi connectivity index (χ3v) is 9.09. The topological polar surface area (TPSA) is 87.6 Å². The Morgan fingerprint density at radius 2 is 1.70 bits per heavy atom. The van der Waals surface area contributed by atoms with E-state index >= 15 is 0 Å². The molecule has 234 valence electrons. The van der Waals surface area contributed by atoms with Gasteiger partial charge in [-0.1, -0.05) is 79.5 Å². The van der Waals surface area contributed by atoms with E-state index in [1.807, 2.05) is 36.4 Å². The molecule has 43 heavy (non-hydrogen) atoms. The fourth-order valence-electron chi connectivity index (χ4n) is 6.32. The summed E-state index contributed by atoms with van der Waals surface area (Å²) in [7, 11) is 0. The highest BCUT2D eigenvalue weighted by Gasteiger charge is 2.35. The van der Waals surface area contributed by atoms with Crippen molar-refractivity contribution < 1.29 is 4.79 Å². The Balaban J connectivity index is 1.48. The van der Waals surface area contributed by atoms with Crippen molar-refractivity contribution in [3.05, 3.63) is 81.8 Å². The summed E-state index contributed by atoms with van der Waals surface area (Å²) in [6, 6.07) is 20.5. The molecule has 4 rings (SSSR count). The molecule has 5 N–H and O–H groups in total. The molecule has 0 saturated carbocycles. The van der Waals surface area contributed by atoms with Crippen LogP contribution in [-0.2, 0) is 6.42 Å². The molecular formula is C35H49Cl2N5O. The van der Waals surface area contributed by atoms with Gasteiger partial charge in [0.05, 0.1) is 6.54 Å². The monoisotopic (exact) mass is 625 g/mol. The van der Waals surface area contributed by atoms with Crippen LogP contribution in [0, 0.1) is 5.92 Å². The lowest BCUT2D eigenvalue weighted by molar-refractivity contribution is 0.0141. The van der Waals surface area contributed by atoms with Gasteiger partial charge in [-0.2, -0.15) is 0 Å². The summed E-state index contributed by atoms with van der Waals surface area (Å²) < 4.78 is 0. The van der Waals surface area contributed by atoms with Gasteiger partial charge in [-0.3, -0.25) is 14.6 Å². The molecule has 3 aromatic carbocycles. The molecule has 0 amide bonds. The summed E-state index contributed by atoms with van der Waals surface area (Å²) in [6.07, 6.45) is 4.82. The minimum atomic E-state index is -0.0608. The van der Waals surface area contributed by atoms with E-state index < -0.39 is 0 Å². The van der Waals surface area contributed by atoms with Gasteiger partial charge in [0.1, 0.15) is 0 Å². The Hall–Kier alpha value is -2.03. The van der Waals surface area contributed by atoms with Crippen molar-refractivity contribution in [2.24, 2.45) is 17.4 Å². The van der Waals surface area contributed by atoms with E-state index in [1.165, 1.54) is 0 Å². The van der Waals surface area contributed by atoms with E-state index in [9.17, 15) is 4.79 Å². The number of Topliss-reactive ketones (excluding diaryl/α,β-unsaturated/α-hetero) is 1. The van der Waals surface area contributed by atoms with E-state index in [-0.39, 0.29) is 17.9 Å². The molecule has 8 heteroatoms. The number of nitrogens with zero attached hydrogens (tertiary/aromatic N) is 2. The molecule has 0 aromatic heterocycles. The average Bonchev–Trinajstić information content (AvgIpc) is 2.97. The number of carbonyl (C=O) groups is 1. The summed E-state index contributed by atoms with van der Waals surface area (Å²) in [5.74, 6) is 0.708. The van der Waals surface area contributed by atoms with Gasteiger partial charge in [-0.05, 0) is 92.2 Å². The zero-order chi connectivity index (χ0) is 30.8. The molecule has 1 aliphatic heterocycles. The van der Waals surface area contributed by atoms with Gasteiger partial charge in [0, 0.05) is 53.4 Å². The summed E-state index contributed by atoms with van der Waals surface area (Å²) in [6.45, 7) is 10.1. The number of hydrogen-bond acceptors (Lipinski definition) is 6. The van der Waals surface area contributed by atoms with Gasteiger partial charge in [0.15, 0.2) is 5.78 Å². The fourth-order valence-corrected chi connectivity index (χ4v) is 6.80. The van der Waals surface area contributed by atoms with Crippen molar-refractivity contribution in [3.8, 4) is 0 Å². The van der Waals surface area contributed by atoms with Crippen molar-refractivity contribution in [2.75, 3.05) is 45.8 Å². The van der Waals surface area contributed by atoms with Crippen molar-refractivity contribution in [2.45, 2.75) is 64.1 Å². The maximum atomic E-state index is 13.7. The number of ketones is 1. The quantitative estimate of drug-likeness (QED) is 0.133. The number of fused-ring (bicyclic) bond motifs is 1. The first-order valence-corrected chi connectivity index (χ1v) is 16.6. The van der Waals surface area contributed by atoms with E-state index in [1.54, 1.807) is 6.07 Å². The Morgan fingerprint density at radius 3 is 2.44 bits per heavy atom. The normalized spacial score (nSPS) is 18.9. The SMILES string of the molecule is CC(C)C[C@@H]1CN(C[C@H](N)Cc2ccc(Cl)cc2Cl)[C@@H](CCCNCCCN)CN1CC(=O)c1ccc2ccccc2c1. The number of nitrogens with two attached hydrogens (primary N) is 2. The summed E-state index contributed by atoms with van der Waals surface area (Å²) in [5, 5.41) is 7.08. The van der Waals surface area contributed by atoms with Crippen molar-refractivity contribution >= 4 is 39.8 Å². The number of hydrogen-bond donors (Lipinski definition) is 3. The van der Waals surface area contributed by atoms with Crippen LogP contribution in [0.25, 0.3) is 10.8 Å². The molecule has 0 bridgehead atoms. The number of halogens is 2. The van der Waals surface area contributed by atoms with Gasteiger partial charge in [-0.25, -0.2) is 0 Å². The molecule has 0 radical (unpaired) electrons. The van der Waals surface area contributed by atoms with Crippen LogP contribution in [0.3, 0.4) is 0 Å². The lowest BCUT2D eigenvalue weighted by Crippen LogP contribution is -2.61. The van der Waals surface area contributed by atoms with Gasteiger partial charge in [-0.15, -0.1) is 0 Å². The van der Waals surface area contributed by atoms with Crippen molar-refractivity contribution in [1.82, 2.24) is 15.1 Å². The van der Waals surface area contributed by atoms with Crippen LogP contribution in [0.15, 0.2) is 60.7 Å². The van der Waals surface area contributed by atoms with E-state index in [0.717, 1.165) is 80.3 Å². The number of nitrogens with one attached hydrogen (secondary N) is 1. The van der Waals surface area contributed by atoms with Crippen molar-refractivity contribution in [3.63, 3.8) is 0 Å². The molecule has 1 aliphatic rings. The van der Waals surface area contributed by atoms with E-state index in [0.29, 0.717) is 41.5 Å². The van der Waals surface area contributed by atoms with Crippen LogP contribution in [0.2, 0.25) is 10.0 Å². The minimum absolute atomic E-state index is 0.0608. The smallest absolute Gasteiger partial charge is 0.176 e. The first kappa shape index (κ1) is 33.9. The van der Waals surface area contributed by atoms with Gasteiger partial charge < -0.3 is 16.8 Å². The van der Waals surface area contributed by atoms with Crippen LogP contribution in [-0.4, -0.2) is 79.5 Å². The predicted molar refractivity (Wildman–Crippen MR) is 182 cm³/mol. The van der Waals surface area contributed by atoms with Crippen LogP contribution < -0.4 is 16.8 Å². The Morgan fingerprint density at radius 1 is 0.953 bits per heavy atom. The number of piperazine rings is 1. The average molecular weight is 627 g/mol. The number of rotatable bonds is 16. The third kappa shape index (κ3) is 10.3. The molecule has 1 fully saturated rings. The Labute approximate surface area is 268 Å². The fraction of sp³-hybridized carbons (Fsp3) is 0.514. The lowest BCUT2D eigenvalue weighted by atomic mass is 9.94. The summed E-state index contributed by atoms with van der Waals surface area (Å²) in [5.41, 5.74) is 14.2. The molecular weight excluding hydrogens is 577 g/mol. The highest BCUT2D eigenvalue weighted by atomic mass is 35.5. The van der Waals surface area contributed by atoms with Crippen molar-refractivity contribution in [1.29, 1.82) is 0 Å². The minimum Gasteiger partial charge on any atom is -0.330 e. The second-order valence-electron chi connectivity index (χ2n) is 12.5. The lowest BCUT2D eigenvalue weighted by Gasteiger charge is -2.47. The van der Waals surface area contributed by atoms with Gasteiger partial charge in [0.2, 0.25) is 0 Å². The first-order valence-electron chi connectivity index (χ1n) is 15.8.